The second kappa shape index (κ2) is 8.74. The zero-order chi connectivity index (χ0) is 21.3. The first-order valence-electron chi connectivity index (χ1n) is 9.47. The molecule has 2 heterocycles. The molecule has 30 heavy (non-hydrogen) atoms. The van der Waals surface area contributed by atoms with Crippen LogP contribution < -0.4 is 0 Å². The molecule has 0 aliphatic carbocycles. The van der Waals surface area contributed by atoms with Gasteiger partial charge in [-0.1, -0.05) is 47.5 Å². The summed E-state index contributed by atoms with van der Waals surface area (Å²) in [6.45, 7) is 0. The van der Waals surface area contributed by atoms with E-state index < -0.39 is 24.4 Å². The second-order valence-electron chi connectivity index (χ2n) is 7.20. The molecule has 1 aliphatic rings. The van der Waals surface area contributed by atoms with Crippen molar-refractivity contribution in [1.82, 2.24) is 9.88 Å². The summed E-state index contributed by atoms with van der Waals surface area (Å²) in [6.07, 6.45) is 0.462. The van der Waals surface area contributed by atoms with Crippen LogP contribution in [0.15, 0.2) is 73.1 Å². The molecule has 1 aromatic heterocycles. The molecule has 1 fully saturated rings. The molecule has 4 rings (SSSR count). The largest absolute Gasteiger partial charge is 0.385 e. The van der Waals surface area contributed by atoms with Gasteiger partial charge in [-0.15, -0.1) is 0 Å². The van der Waals surface area contributed by atoms with Crippen LogP contribution in [0.25, 0.3) is 0 Å². The Morgan fingerprint density at radius 3 is 2.03 bits per heavy atom. The lowest BCUT2D eigenvalue weighted by Crippen LogP contribution is -2.51. The summed E-state index contributed by atoms with van der Waals surface area (Å²) in [6, 6.07) is 17.6. The number of amides is 1. The molecule has 1 amide bonds. The Labute approximate surface area is 184 Å². The minimum absolute atomic E-state index is 0.301. The molecule has 2 aromatic carbocycles. The highest BCUT2D eigenvalue weighted by molar-refractivity contribution is 6.30. The number of carbonyl (C=O) groups excluding carboxylic acids is 1. The Balaban J connectivity index is 1.74. The molecule has 0 radical (unpaired) electrons. The SMILES string of the molecule is CN1C(=O)C(C(O)c2ccncc2)O[C@H](c2ccc(Cl)cc2)[C@@H]1c1ccc(Cl)cc1. The summed E-state index contributed by atoms with van der Waals surface area (Å²) in [5.41, 5.74) is 2.30. The van der Waals surface area contributed by atoms with Gasteiger partial charge in [0.25, 0.3) is 5.91 Å². The van der Waals surface area contributed by atoms with Crippen molar-refractivity contribution < 1.29 is 14.6 Å². The van der Waals surface area contributed by atoms with E-state index in [4.69, 9.17) is 27.9 Å². The second-order valence-corrected chi connectivity index (χ2v) is 8.07. The maximum absolute atomic E-state index is 13.2. The molecule has 2 unspecified atom stereocenters. The molecule has 1 N–H and O–H groups in total. The number of morpholine rings is 1. The minimum atomic E-state index is -1.12. The first-order valence-corrected chi connectivity index (χ1v) is 10.2. The molecule has 0 bridgehead atoms. The van der Waals surface area contributed by atoms with Gasteiger partial charge >= 0.3 is 0 Å². The maximum atomic E-state index is 13.2. The van der Waals surface area contributed by atoms with Crippen LogP contribution >= 0.6 is 23.2 Å². The van der Waals surface area contributed by atoms with Crippen LogP contribution in [0.4, 0.5) is 0 Å². The molecule has 1 aliphatic heterocycles. The molecular formula is C23H20Cl2N2O3. The average molecular weight is 443 g/mol. The van der Waals surface area contributed by atoms with Crippen molar-refractivity contribution in [3.8, 4) is 0 Å². The van der Waals surface area contributed by atoms with Crippen molar-refractivity contribution in [3.05, 3.63) is 99.8 Å². The highest BCUT2D eigenvalue weighted by Crippen LogP contribution is 2.43. The number of hydrogen-bond donors (Lipinski definition) is 1. The summed E-state index contributed by atoms with van der Waals surface area (Å²) in [7, 11) is 1.72. The predicted octanol–water partition coefficient (Wildman–Crippen LogP) is 4.76. The molecule has 1 saturated heterocycles. The van der Waals surface area contributed by atoms with Gasteiger partial charge in [-0.3, -0.25) is 9.78 Å². The third-order valence-corrected chi connectivity index (χ3v) is 5.84. The summed E-state index contributed by atoms with van der Waals surface area (Å²) in [4.78, 5) is 18.8. The zero-order valence-corrected chi connectivity index (χ0v) is 17.7. The van der Waals surface area contributed by atoms with Crippen LogP contribution in [0, 0.1) is 0 Å². The van der Waals surface area contributed by atoms with Crippen molar-refractivity contribution in [2.75, 3.05) is 7.05 Å². The Kier molecular flexibility index (Phi) is 6.06. The van der Waals surface area contributed by atoms with E-state index in [1.54, 1.807) is 60.7 Å². The lowest BCUT2D eigenvalue weighted by molar-refractivity contribution is -0.185. The molecule has 7 heteroatoms. The molecular weight excluding hydrogens is 423 g/mol. The van der Waals surface area contributed by atoms with Crippen molar-refractivity contribution in [2.24, 2.45) is 0 Å². The van der Waals surface area contributed by atoms with E-state index in [1.807, 2.05) is 24.3 Å². The number of aliphatic hydroxyl groups is 1. The Morgan fingerprint density at radius 2 is 1.47 bits per heavy atom. The van der Waals surface area contributed by atoms with Crippen LogP contribution in [0.5, 0.6) is 0 Å². The number of benzene rings is 2. The fourth-order valence-corrected chi connectivity index (χ4v) is 4.00. The van der Waals surface area contributed by atoms with Gasteiger partial charge in [0.05, 0.1) is 6.04 Å². The summed E-state index contributed by atoms with van der Waals surface area (Å²) in [5, 5.41) is 12.1. The maximum Gasteiger partial charge on any atom is 0.255 e. The standard InChI is InChI=1S/C23H20Cl2N2O3/c1-27-19(14-2-6-17(24)7-3-14)21(16-4-8-18(25)9-5-16)30-22(23(27)29)20(28)15-10-12-26-13-11-15/h2-13,19-22,28H,1H3/t19-,20?,21+,22?/m0/s1. The highest BCUT2D eigenvalue weighted by atomic mass is 35.5. The summed E-state index contributed by atoms with van der Waals surface area (Å²) >= 11 is 12.1. The van der Waals surface area contributed by atoms with E-state index in [0.717, 1.165) is 11.1 Å². The lowest BCUT2D eigenvalue weighted by Gasteiger charge is -2.44. The van der Waals surface area contributed by atoms with E-state index >= 15 is 0 Å². The van der Waals surface area contributed by atoms with Crippen molar-refractivity contribution in [1.29, 1.82) is 0 Å². The number of likely N-dealkylation sites (N-methyl/N-ethyl adjacent to an activating group) is 1. The van der Waals surface area contributed by atoms with E-state index in [9.17, 15) is 9.90 Å². The van der Waals surface area contributed by atoms with E-state index in [1.165, 1.54) is 0 Å². The van der Waals surface area contributed by atoms with Gasteiger partial charge in [0, 0.05) is 29.5 Å². The molecule has 4 atom stereocenters. The number of rotatable bonds is 4. The number of halogens is 2. The van der Waals surface area contributed by atoms with E-state index in [-0.39, 0.29) is 5.91 Å². The van der Waals surface area contributed by atoms with Crippen LogP contribution in [-0.4, -0.2) is 34.0 Å². The van der Waals surface area contributed by atoms with Crippen molar-refractivity contribution in [2.45, 2.75) is 24.4 Å². The third kappa shape index (κ3) is 4.07. The number of hydrogen-bond acceptors (Lipinski definition) is 4. The van der Waals surface area contributed by atoms with Crippen LogP contribution in [0.3, 0.4) is 0 Å². The van der Waals surface area contributed by atoms with Gasteiger partial charge in [-0.25, -0.2) is 0 Å². The number of carbonyl (C=O) groups is 1. The smallest absolute Gasteiger partial charge is 0.255 e. The molecule has 0 saturated carbocycles. The van der Waals surface area contributed by atoms with Gasteiger partial charge in [-0.05, 0) is 53.1 Å². The van der Waals surface area contributed by atoms with Gasteiger partial charge in [-0.2, -0.15) is 0 Å². The average Bonchev–Trinajstić information content (AvgIpc) is 2.77. The quantitative estimate of drug-likeness (QED) is 0.632. The van der Waals surface area contributed by atoms with Gasteiger partial charge in [0.2, 0.25) is 0 Å². The molecule has 3 aromatic rings. The van der Waals surface area contributed by atoms with Gasteiger partial charge < -0.3 is 14.7 Å². The molecule has 0 spiro atoms. The number of nitrogens with zero attached hydrogens (tertiary/aromatic N) is 2. The Morgan fingerprint density at radius 1 is 0.933 bits per heavy atom. The number of pyridine rings is 1. The number of ether oxygens (including phenoxy) is 1. The van der Waals surface area contributed by atoms with Crippen LogP contribution in [0.2, 0.25) is 10.0 Å². The predicted molar refractivity (Wildman–Crippen MR) is 115 cm³/mol. The van der Waals surface area contributed by atoms with Gasteiger partial charge in [0.15, 0.2) is 6.10 Å². The first-order chi connectivity index (χ1) is 14.5. The summed E-state index contributed by atoms with van der Waals surface area (Å²) < 4.78 is 6.27. The fourth-order valence-electron chi connectivity index (χ4n) is 3.75. The van der Waals surface area contributed by atoms with Gasteiger partial charge in [0.1, 0.15) is 12.2 Å². The highest BCUT2D eigenvalue weighted by Gasteiger charge is 2.45. The Hall–Kier alpha value is -2.44. The van der Waals surface area contributed by atoms with E-state index in [0.29, 0.717) is 15.6 Å². The Bertz CT molecular complexity index is 1010. The normalized spacial score (nSPS) is 22.7. The fraction of sp³-hybridized carbons (Fsp3) is 0.217. The van der Waals surface area contributed by atoms with Crippen molar-refractivity contribution in [3.63, 3.8) is 0 Å². The molecule has 5 nitrogen and oxygen atoms in total. The lowest BCUT2D eigenvalue weighted by atomic mass is 9.90. The zero-order valence-electron chi connectivity index (χ0n) is 16.2. The van der Waals surface area contributed by atoms with Crippen LogP contribution in [-0.2, 0) is 9.53 Å². The molecule has 154 valence electrons. The van der Waals surface area contributed by atoms with Crippen molar-refractivity contribution >= 4 is 29.1 Å². The van der Waals surface area contributed by atoms with Crippen LogP contribution in [0.1, 0.15) is 34.9 Å². The number of aliphatic hydroxyl groups excluding tert-OH is 1. The minimum Gasteiger partial charge on any atom is -0.385 e. The van der Waals surface area contributed by atoms with E-state index in [2.05, 4.69) is 4.98 Å². The monoisotopic (exact) mass is 442 g/mol. The third-order valence-electron chi connectivity index (χ3n) is 5.33. The summed E-state index contributed by atoms with van der Waals surface area (Å²) in [5.74, 6) is -0.301. The topological polar surface area (TPSA) is 62.7 Å². The number of aromatic nitrogens is 1. The first kappa shape index (κ1) is 20.8.